The Hall–Kier alpha value is -0.0800. The maximum absolute atomic E-state index is 3.51. The van der Waals surface area contributed by atoms with Crippen molar-refractivity contribution in [2.45, 2.75) is 53.9 Å². The average Bonchev–Trinajstić information content (AvgIpc) is 2.31. The Labute approximate surface area is 109 Å². The molecule has 17 heavy (non-hydrogen) atoms. The van der Waals surface area contributed by atoms with Gasteiger partial charge < -0.3 is 10.2 Å². The minimum Gasteiger partial charge on any atom is -0.316 e. The van der Waals surface area contributed by atoms with Crippen molar-refractivity contribution in [2.24, 2.45) is 11.8 Å². The first-order valence-electron chi connectivity index (χ1n) is 7.53. The zero-order chi connectivity index (χ0) is 13.1. The molecule has 0 saturated carbocycles. The van der Waals surface area contributed by atoms with Crippen molar-refractivity contribution in [3.05, 3.63) is 0 Å². The Morgan fingerprint density at radius 3 is 2.29 bits per heavy atom. The Kier molecular flexibility index (Phi) is 11.0. The zero-order valence-electron chi connectivity index (χ0n) is 12.8. The summed E-state index contributed by atoms with van der Waals surface area (Å²) in [6.07, 6.45) is 3.94. The molecule has 2 nitrogen and oxygen atoms in total. The molecule has 1 unspecified atom stereocenters. The highest BCUT2D eigenvalue weighted by atomic mass is 15.1. The van der Waals surface area contributed by atoms with Gasteiger partial charge in [0.05, 0.1) is 0 Å². The van der Waals surface area contributed by atoms with E-state index < -0.39 is 0 Å². The van der Waals surface area contributed by atoms with E-state index in [0.717, 1.165) is 18.4 Å². The Bertz CT molecular complexity index is 157. The summed E-state index contributed by atoms with van der Waals surface area (Å²) in [5.74, 6) is 1.61. The van der Waals surface area contributed by atoms with Crippen molar-refractivity contribution in [1.29, 1.82) is 0 Å². The van der Waals surface area contributed by atoms with Crippen molar-refractivity contribution in [1.82, 2.24) is 10.2 Å². The normalized spacial score (nSPS) is 13.6. The monoisotopic (exact) mass is 242 g/mol. The van der Waals surface area contributed by atoms with Crippen LogP contribution in [-0.4, -0.2) is 37.6 Å². The lowest BCUT2D eigenvalue weighted by molar-refractivity contribution is 0.241. The fourth-order valence-corrected chi connectivity index (χ4v) is 1.92. The molecule has 0 saturated heterocycles. The van der Waals surface area contributed by atoms with Gasteiger partial charge >= 0.3 is 0 Å². The van der Waals surface area contributed by atoms with E-state index in [-0.39, 0.29) is 0 Å². The quantitative estimate of drug-likeness (QED) is 0.559. The lowest BCUT2D eigenvalue weighted by Gasteiger charge is -2.23. The maximum Gasteiger partial charge on any atom is 0.000680 e. The molecule has 1 atom stereocenters. The van der Waals surface area contributed by atoms with E-state index in [4.69, 9.17) is 0 Å². The molecule has 104 valence electrons. The van der Waals surface area contributed by atoms with Crippen LogP contribution in [0.1, 0.15) is 53.9 Å². The van der Waals surface area contributed by atoms with Gasteiger partial charge in [-0.1, -0.05) is 41.0 Å². The molecule has 0 bridgehead atoms. The average molecular weight is 242 g/mol. The van der Waals surface area contributed by atoms with Crippen LogP contribution >= 0.6 is 0 Å². The lowest BCUT2D eigenvalue weighted by atomic mass is 10.1. The molecule has 0 amide bonds. The molecule has 0 aromatic heterocycles. The van der Waals surface area contributed by atoms with Gasteiger partial charge in [0, 0.05) is 6.54 Å². The Morgan fingerprint density at radius 2 is 1.76 bits per heavy atom. The number of hydrogen-bond acceptors (Lipinski definition) is 2. The predicted molar refractivity (Wildman–Crippen MR) is 78.5 cm³/mol. The molecule has 0 aliphatic carbocycles. The molecule has 0 rings (SSSR count). The second-order valence-electron chi connectivity index (χ2n) is 5.71. The lowest BCUT2D eigenvalue weighted by Crippen LogP contribution is -2.30. The summed E-state index contributed by atoms with van der Waals surface area (Å²) in [5, 5.41) is 3.51. The molecule has 2 heteroatoms. The highest BCUT2D eigenvalue weighted by Gasteiger charge is 2.06. The first-order valence-corrected chi connectivity index (χ1v) is 7.53. The van der Waals surface area contributed by atoms with Gasteiger partial charge in [0.2, 0.25) is 0 Å². The minimum absolute atomic E-state index is 0.771. The van der Waals surface area contributed by atoms with Crippen molar-refractivity contribution in [3.8, 4) is 0 Å². The number of hydrogen-bond donors (Lipinski definition) is 1. The Morgan fingerprint density at radius 1 is 1.06 bits per heavy atom. The van der Waals surface area contributed by atoms with E-state index >= 15 is 0 Å². The fourth-order valence-electron chi connectivity index (χ4n) is 1.92. The number of nitrogens with zero attached hydrogens (tertiary/aromatic N) is 1. The maximum atomic E-state index is 3.51. The van der Waals surface area contributed by atoms with Gasteiger partial charge in [-0.15, -0.1) is 0 Å². The molecule has 0 aliphatic rings. The highest BCUT2D eigenvalue weighted by Crippen LogP contribution is 2.05. The van der Waals surface area contributed by atoms with Gasteiger partial charge in [-0.3, -0.25) is 0 Å². The Balaban J connectivity index is 3.43. The highest BCUT2D eigenvalue weighted by molar-refractivity contribution is 4.61. The first-order chi connectivity index (χ1) is 8.10. The molecule has 0 aromatic rings. The number of rotatable bonds is 11. The van der Waals surface area contributed by atoms with E-state index in [2.05, 4.69) is 44.8 Å². The van der Waals surface area contributed by atoms with Gasteiger partial charge in [-0.05, 0) is 50.9 Å². The summed E-state index contributed by atoms with van der Waals surface area (Å²) in [6, 6.07) is 0. The summed E-state index contributed by atoms with van der Waals surface area (Å²) >= 11 is 0. The van der Waals surface area contributed by atoms with Crippen molar-refractivity contribution < 1.29 is 0 Å². The molecule has 1 N–H and O–H groups in total. The summed E-state index contributed by atoms with van der Waals surface area (Å²) in [7, 11) is 0. The SMILES string of the molecule is CCC(C)CN(CC)CCCCNCC(C)C. The largest absolute Gasteiger partial charge is 0.316 e. The number of unbranched alkanes of at least 4 members (excludes halogenated alkanes) is 1. The van der Waals surface area contributed by atoms with Crippen LogP contribution < -0.4 is 5.32 Å². The van der Waals surface area contributed by atoms with Gasteiger partial charge in [-0.2, -0.15) is 0 Å². The second kappa shape index (κ2) is 11.0. The van der Waals surface area contributed by atoms with Crippen LogP contribution in [0.5, 0.6) is 0 Å². The molecule has 0 spiro atoms. The molecule has 0 aliphatic heterocycles. The van der Waals surface area contributed by atoms with Crippen molar-refractivity contribution in [2.75, 3.05) is 32.7 Å². The predicted octanol–water partition coefficient (Wildman–Crippen LogP) is 3.38. The van der Waals surface area contributed by atoms with Gasteiger partial charge in [0.1, 0.15) is 0 Å². The van der Waals surface area contributed by atoms with Crippen LogP contribution in [0.2, 0.25) is 0 Å². The van der Waals surface area contributed by atoms with Crippen LogP contribution in [0.3, 0.4) is 0 Å². The topological polar surface area (TPSA) is 15.3 Å². The second-order valence-corrected chi connectivity index (χ2v) is 5.71. The van der Waals surface area contributed by atoms with Gasteiger partial charge in [0.25, 0.3) is 0 Å². The molecular formula is C15H34N2. The summed E-state index contributed by atoms with van der Waals surface area (Å²) < 4.78 is 0. The van der Waals surface area contributed by atoms with Crippen LogP contribution in [0.25, 0.3) is 0 Å². The van der Waals surface area contributed by atoms with E-state index in [1.165, 1.54) is 45.4 Å². The summed E-state index contributed by atoms with van der Waals surface area (Å²) in [4.78, 5) is 2.59. The third kappa shape index (κ3) is 10.8. The molecule has 0 aromatic carbocycles. The number of nitrogens with one attached hydrogen (secondary N) is 1. The van der Waals surface area contributed by atoms with Crippen LogP contribution in [-0.2, 0) is 0 Å². The third-order valence-electron chi connectivity index (χ3n) is 3.34. The molecule has 0 fully saturated rings. The molecule has 0 radical (unpaired) electrons. The summed E-state index contributed by atoms with van der Waals surface area (Å²) in [6.45, 7) is 17.5. The van der Waals surface area contributed by atoms with Crippen LogP contribution in [0.15, 0.2) is 0 Å². The van der Waals surface area contributed by atoms with E-state index in [1.807, 2.05) is 0 Å². The minimum atomic E-state index is 0.771. The van der Waals surface area contributed by atoms with Crippen LogP contribution in [0, 0.1) is 11.8 Å². The molecular weight excluding hydrogens is 208 g/mol. The van der Waals surface area contributed by atoms with E-state index in [9.17, 15) is 0 Å². The van der Waals surface area contributed by atoms with E-state index in [1.54, 1.807) is 0 Å². The zero-order valence-corrected chi connectivity index (χ0v) is 12.8. The smallest absolute Gasteiger partial charge is 0.000680 e. The van der Waals surface area contributed by atoms with Crippen LogP contribution in [0.4, 0.5) is 0 Å². The van der Waals surface area contributed by atoms with Gasteiger partial charge in [-0.25, -0.2) is 0 Å². The fraction of sp³-hybridized carbons (Fsp3) is 1.00. The third-order valence-corrected chi connectivity index (χ3v) is 3.34. The molecule has 0 heterocycles. The van der Waals surface area contributed by atoms with Gasteiger partial charge in [0.15, 0.2) is 0 Å². The summed E-state index contributed by atoms with van der Waals surface area (Å²) in [5.41, 5.74) is 0. The first kappa shape index (κ1) is 16.9. The van der Waals surface area contributed by atoms with Crippen molar-refractivity contribution in [3.63, 3.8) is 0 Å². The van der Waals surface area contributed by atoms with E-state index in [0.29, 0.717) is 0 Å². The standard InChI is InChI=1S/C15H34N2/c1-6-15(5)13-17(7-2)11-9-8-10-16-12-14(3)4/h14-16H,6-13H2,1-5H3. The van der Waals surface area contributed by atoms with Crippen molar-refractivity contribution >= 4 is 0 Å².